The maximum Gasteiger partial charge on any atom is 0.417 e. The van der Waals surface area contributed by atoms with E-state index in [1.54, 1.807) is 0 Å². The Kier molecular flexibility index (Phi) is 7.36. The summed E-state index contributed by atoms with van der Waals surface area (Å²) in [6.07, 6.45) is -5.13. The lowest BCUT2D eigenvalue weighted by Crippen LogP contribution is -2.33. The Morgan fingerprint density at radius 1 is 1.13 bits per heavy atom. The summed E-state index contributed by atoms with van der Waals surface area (Å²) in [7, 11) is -6.48. The van der Waals surface area contributed by atoms with Crippen molar-refractivity contribution in [2.24, 2.45) is 5.73 Å². The summed E-state index contributed by atoms with van der Waals surface area (Å²) >= 11 is 11.5. The Hall–Kier alpha value is -1.82. The van der Waals surface area contributed by atoms with E-state index in [1.165, 1.54) is 26.0 Å². The van der Waals surface area contributed by atoms with Crippen molar-refractivity contribution in [1.29, 1.82) is 0 Å². The van der Waals surface area contributed by atoms with Gasteiger partial charge in [0.1, 0.15) is 0 Å². The topological polar surface area (TPSA) is 106 Å². The molecule has 2 aromatic rings. The second-order valence-electron chi connectivity index (χ2n) is 7.06. The predicted octanol–water partition coefficient (Wildman–Crippen LogP) is 4.57. The fourth-order valence-electron chi connectivity index (χ4n) is 2.62. The third-order valence-corrected chi connectivity index (χ3v) is 7.87. The number of nitrogens with two attached hydrogens (primary N) is 1. The lowest BCUT2D eigenvalue weighted by Gasteiger charge is -2.24. The van der Waals surface area contributed by atoms with Crippen LogP contribution in [0.25, 0.3) is 0 Å². The van der Waals surface area contributed by atoms with Crippen LogP contribution in [0.3, 0.4) is 0 Å². The smallest absolute Gasteiger partial charge is 0.370 e. The highest BCUT2D eigenvalue weighted by molar-refractivity contribution is 7.93. The Labute approximate surface area is 189 Å². The van der Waals surface area contributed by atoms with Crippen molar-refractivity contribution in [2.45, 2.75) is 41.0 Å². The van der Waals surface area contributed by atoms with Gasteiger partial charge in [-0.05, 0) is 50.2 Å². The Balaban J connectivity index is 2.53. The first kappa shape index (κ1) is 25.4. The molecule has 0 aliphatic rings. The summed E-state index contributed by atoms with van der Waals surface area (Å²) < 4.78 is 78.9. The summed E-state index contributed by atoms with van der Waals surface area (Å²) in [5, 5.41) is -0.581. The predicted molar refractivity (Wildman–Crippen MR) is 113 cm³/mol. The molecular formula is C18H17Cl2F3N2O4S2. The number of benzene rings is 2. The standard InChI is InChI=1S/C18H17Cl2F3N2O4S2/c1-17(2,9-16(24)26)30(27)15-6-3-10(19)7-14(15)25-31(28,29)11-4-5-13(20)12(8-11)18(21,22)23/h3-8,25H,9H2,1-2H3,(H2,24,26). The summed E-state index contributed by atoms with van der Waals surface area (Å²) in [5.74, 6) is -0.713. The maximum absolute atomic E-state index is 13.1. The van der Waals surface area contributed by atoms with E-state index in [0.29, 0.717) is 6.07 Å². The zero-order chi connectivity index (χ0) is 23.8. The number of carbonyl (C=O) groups excluding carboxylic acids is 1. The van der Waals surface area contributed by atoms with Gasteiger partial charge < -0.3 is 5.73 Å². The maximum atomic E-state index is 13.1. The number of hydrogen-bond acceptors (Lipinski definition) is 4. The molecule has 13 heteroatoms. The van der Waals surface area contributed by atoms with Crippen molar-refractivity contribution in [2.75, 3.05) is 4.72 Å². The monoisotopic (exact) mass is 516 g/mol. The molecule has 0 fully saturated rings. The van der Waals surface area contributed by atoms with Gasteiger partial charge in [0.15, 0.2) is 0 Å². The number of halogens is 5. The van der Waals surface area contributed by atoms with E-state index in [-0.39, 0.29) is 22.0 Å². The number of anilines is 1. The third kappa shape index (κ3) is 6.12. The minimum absolute atomic E-state index is 0.0239. The molecule has 0 spiro atoms. The number of hydrogen-bond donors (Lipinski definition) is 2. The molecule has 0 aliphatic heterocycles. The molecule has 0 heterocycles. The lowest BCUT2D eigenvalue weighted by molar-refractivity contribution is -0.137. The molecule has 1 amide bonds. The molecule has 1 unspecified atom stereocenters. The zero-order valence-corrected chi connectivity index (χ0v) is 19.2. The first-order chi connectivity index (χ1) is 14.0. The van der Waals surface area contributed by atoms with Crippen LogP contribution in [0.4, 0.5) is 18.9 Å². The molecule has 0 aromatic heterocycles. The minimum Gasteiger partial charge on any atom is -0.370 e. The normalized spacial score (nSPS) is 13.6. The molecule has 0 radical (unpaired) electrons. The molecule has 6 nitrogen and oxygen atoms in total. The van der Waals surface area contributed by atoms with Gasteiger partial charge in [-0.15, -0.1) is 0 Å². The van der Waals surface area contributed by atoms with E-state index in [2.05, 4.69) is 4.72 Å². The van der Waals surface area contributed by atoms with Gasteiger partial charge in [-0.3, -0.25) is 13.7 Å². The van der Waals surface area contributed by atoms with Crippen molar-refractivity contribution in [3.8, 4) is 0 Å². The van der Waals surface area contributed by atoms with E-state index in [9.17, 15) is 30.6 Å². The first-order valence-electron chi connectivity index (χ1n) is 8.44. The summed E-state index contributed by atoms with van der Waals surface area (Å²) in [4.78, 5) is 10.6. The molecule has 0 saturated carbocycles. The molecule has 31 heavy (non-hydrogen) atoms. The van der Waals surface area contributed by atoms with Crippen LogP contribution < -0.4 is 10.5 Å². The van der Waals surface area contributed by atoms with Crippen molar-refractivity contribution < 1.29 is 30.6 Å². The number of primary amides is 1. The first-order valence-corrected chi connectivity index (χ1v) is 11.8. The van der Waals surface area contributed by atoms with Crippen LogP contribution in [0, 0.1) is 0 Å². The van der Waals surface area contributed by atoms with Crippen molar-refractivity contribution in [3.05, 3.63) is 52.0 Å². The summed E-state index contributed by atoms with van der Waals surface area (Å²) in [6, 6.07) is 5.92. The van der Waals surface area contributed by atoms with Crippen molar-refractivity contribution in [1.82, 2.24) is 0 Å². The van der Waals surface area contributed by atoms with E-state index in [1.807, 2.05) is 0 Å². The summed E-state index contributed by atoms with van der Waals surface area (Å²) in [6.45, 7) is 2.99. The van der Waals surface area contributed by atoms with Gasteiger partial charge in [-0.2, -0.15) is 13.2 Å². The molecule has 1 atom stereocenters. The second-order valence-corrected chi connectivity index (χ2v) is 11.7. The second kappa shape index (κ2) is 8.97. The van der Waals surface area contributed by atoms with Crippen LogP contribution in [0.5, 0.6) is 0 Å². The molecule has 0 saturated heterocycles. The van der Waals surface area contributed by atoms with Crippen LogP contribution in [0.2, 0.25) is 10.0 Å². The molecule has 0 aliphatic carbocycles. The van der Waals surface area contributed by atoms with E-state index >= 15 is 0 Å². The van der Waals surface area contributed by atoms with E-state index < -0.39 is 53.1 Å². The van der Waals surface area contributed by atoms with Crippen LogP contribution >= 0.6 is 23.2 Å². The Bertz CT molecular complexity index is 1150. The number of amides is 1. The highest BCUT2D eigenvalue weighted by atomic mass is 35.5. The van der Waals surface area contributed by atoms with Crippen LogP contribution in [0.1, 0.15) is 25.8 Å². The van der Waals surface area contributed by atoms with Crippen LogP contribution in [-0.4, -0.2) is 23.3 Å². The highest BCUT2D eigenvalue weighted by Crippen LogP contribution is 2.37. The van der Waals surface area contributed by atoms with Crippen LogP contribution in [-0.2, 0) is 31.8 Å². The Morgan fingerprint density at radius 2 is 1.74 bits per heavy atom. The highest BCUT2D eigenvalue weighted by Gasteiger charge is 2.35. The van der Waals surface area contributed by atoms with Crippen LogP contribution in [0.15, 0.2) is 46.2 Å². The average Bonchev–Trinajstić information content (AvgIpc) is 2.59. The summed E-state index contributed by atoms with van der Waals surface area (Å²) in [5.41, 5.74) is 3.65. The molecule has 3 N–H and O–H groups in total. The third-order valence-electron chi connectivity index (χ3n) is 4.04. The number of carbonyl (C=O) groups is 1. The quantitative estimate of drug-likeness (QED) is 0.561. The molecular weight excluding hydrogens is 500 g/mol. The number of rotatable bonds is 7. The average molecular weight is 517 g/mol. The van der Waals surface area contributed by atoms with Gasteiger partial charge in [0.25, 0.3) is 10.0 Å². The molecule has 170 valence electrons. The largest absolute Gasteiger partial charge is 0.417 e. The van der Waals surface area contributed by atoms with Gasteiger partial charge in [-0.1, -0.05) is 23.2 Å². The number of alkyl halides is 3. The van der Waals surface area contributed by atoms with Gasteiger partial charge in [0.2, 0.25) is 5.91 Å². The van der Waals surface area contributed by atoms with Gasteiger partial charge >= 0.3 is 6.18 Å². The van der Waals surface area contributed by atoms with E-state index in [4.69, 9.17) is 28.9 Å². The Morgan fingerprint density at radius 3 is 2.29 bits per heavy atom. The van der Waals surface area contributed by atoms with Crippen molar-refractivity contribution in [3.63, 3.8) is 0 Å². The SMILES string of the molecule is CC(C)(CC(N)=O)S(=O)c1ccc(Cl)cc1NS(=O)(=O)c1ccc(Cl)c(C(F)(F)F)c1. The lowest BCUT2D eigenvalue weighted by atomic mass is 10.1. The fourth-order valence-corrected chi connectivity index (χ4v) is 5.55. The van der Waals surface area contributed by atoms with Crippen molar-refractivity contribution >= 4 is 55.6 Å². The number of sulfonamides is 1. The van der Waals surface area contributed by atoms with Gasteiger partial charge in [0, 0.05) is 11.4 Å². The molecule has 0 bridgehead atoms. The van der Waals surface area contributed by atoms with Gasteiger partial charge in [-0.25, -0.2) is 8.42 Å². The van der Waals surface area contributed by atoms with Gasteiger partial charge in [0.05, 0.1) is 41.6 Å². The molecule has 2 aromatic carbocycles. The van der Waals surface area contributed by atoms with E-state index in [0.717, 1.165) is 18.2 Å². The minimum atomic E-state index is -4.87. The molecule has 2 rings (SSSR count). The fraction of sp³-hybridized carbons (Fsp3) is 0.278. The zero-order valence-electron chi connectivity index (χ0n) is 16.1. The number of nitrogens with one attached hydrogen (secondary N) is 1.